The van der Waals surface area contributed by atoms with Crippen molar-refractivity contribution in [2.24, 2.45) is 11.3 Å². The predicted molar refractivity (Wildman–Crippen MR) is 124 cm³/mol. The van der Waals surface area contributed by atoms with E-state index in [-0.39, 0.29) is 17.2 Å². The number of rotatable bonds is 7. The van der Waals surface area contributed by atoms with E-state index in [0.717, 1.165) is 17.9 Å². The number of nitrogens with one attached hydrogen (secondary N) is 1. The second-order valence-electron chi connectivity index (χ2n) is 8.77. The Morgan fingerprint density at radius 1 is 0.935 bits per heavy atom. The molecule has 0 aliphatic rings. The molecule has 3 aromatic carbocycles. The number of para-hydroxylation sites is 1. The molecule has 0 fully saturated rings. The molecule has 0 aromatic heterocycles. The molecule has 4 heteroatoms. The van der Waals surface area contributed by atoms with Gasteiger partial charge in [0.2, 0.25) is 5.91 Å². The van der Waals surface area contributed by atoms with Gasteiger partial charge in [-0.2, -0.15) is 5.26 Å². The quantitative estimate of drug-likeness (QED) is 0.476. The molecule has 1 amide bonds. The standard InChI is InChI=1S/C27H28N2O2/c1-27(2,3)22(18-26(30)29-23-13-9-21(19-28)10-14-23)17-20-11-15-25(16-12-20)31-24-7-5-4-6-8-24/h4-16,22H,17-18H2,1-3H3,(H,29,30). The van der Waals surface area contributed by atoms with Crippen LogP contribution in [0, 0.1) is 22.7 Å². The first kappa shape index (κ1) is 22.1. The number of hydrogen-bond acceptors (Lipinski definition) is 3. The molecule has 1 atom stereocenters. The van der Waals surface area contributed by atoms with Crippen LogP contribution in [-0.4, -0.2) is 5.91 Å². The zero-order chi connectivity index (χ0) is 22.3. The fraction of sp³-hybridized carbons (Fsp3) is 0.259. The summed E-state index contributed by atoms with van der Waals surface area (Å²) in [4.78, 5) is 12.7. The number of carbonyl (C=O) groups is 1. The van der Waals surface area contributed by atoms with E-state index in [1.54, 1.807) is 24.3 Å². The van der Waals surface area contributed by atoms with Gasteiger partial charge in [0, 0.05) is 12.1 Å². The van der Waals surface area contributed by atoms with Gasteiger partial charge in [-0.15, -0.1) is 0 Å². The van der Waals surface area contributed by atoms with Crippen molar-refractivity contribution in [3.63, 3.8) is 0 Å². The maximum absolute atomic E-state index is 12.7. The van der Waals surface area contributed by atoms with Crippen LogP contribution in [0.15, 0.2) is 78.9 Å². The first-order chi connectivity index (χ1) is 14.8. The Balaban J connectivity index is 1.62. The van der Waals surface area contributed by atoms with Gasteiger partial charge in [-0.1, -0.05) is 51.1 Å². The minimum absolute atomic E-state index is 0.0198. The molecule has 3 rings (SSSR count). The van der Waals surface area contributed by atoms with Crippen molar-refractivity contribution in [3.05, 3.63) is 90.0 Å². The maximum atomic E-state index is 12.7. The summed E-state index contributed by atoms with van der Waals surface area (Å²) in [6.45, 7) is 6.50. The van der Waals surface area contributed by atoms with E-state index in [2.05, 4.69) is 44.3 Å². The Morgan fingerprint density at radius 3 is 2.13 bits per heavy atom. The second kappa shape index (κ2) is 9.95. The summed E-state index contributed by atoms with van der Waals surface area (Å²) in [6.07, 6.45) is 1.22. The zero-order valence-electron chi connectivity index (χ0n) is 18.3. The molecule has 0 saturated heterocycles. The number of nitriles is 1. The van der Waals surface area contributed by atoms with Gasteiger partial charge in [-0.3, -0.25) is 4.79 Å². The van der Waals surface area contributed by atoms with Crippen LogP contribution in [0.4, 0.5) is 5.69 Å². The highest BCUT2D eigenvalue weighted by Crippen LogP contribution is 2.33. The Bertz CT molecular complexity index is 1030. The summed E-state index contributed by atoms with van der Waals surface area (Å²) in [6, 6.07) is 26.8. The summed E-state index contributed by atoms with van der Waals surface area (Å²) in [5, 5.41) is 11.9. The Morgan fingerprint density at radius 2 is 1.55 bits per heavy atom. The van der Waals surface area contributed by atoms with Crippen molar-refractivity contribution in [1.82, 2.24) is 0 Å². The van der Waals surface area contributed by atoms with E-state index in [4.69, 9.17) is 10.00 Å². The number of nitrogens with zero attached hydrogens (tertiary/aromatic N) is 1. The Kier molecular flexibility index (Phi) is 7.10. The third-order valence-corrected chi connectivity index (χ3v) is 5.34. The normalized spacial score (nSPS) is 11.9. The number of hydrogen-bond donors (Lipinski definition) is 1. The van der Waals surface area contributed by atoms with E-state index < -0.39 is 0 Å². The molecule has 1 N–H and O–H groups in total. The Hall–Kier alpha value is -3.58. The molecule has 31 heavy (non-hydrogen) atoms. The van der Waals surface area contributed by atoms with E-state index in [1.165, 1.54) is 5.56 Å². The zero-order valence-corrected chi connectivity index (χ0v) is 18.3. The molecule has 0 aliphatic heterocycles. The molecule has 0 heterocycles. The van der Waals surface area contributed by atoms with Crippen LogP contribution in [0.5, 0.6) is 11.5 Å². The highest BCUT2D eigenvalue weighted by Gasteiger charge is 2.27. The van der Waals surface area contributed by atoms with Crippen molar-refractivity contribution in [3.8, 4) is 17.6 Å². The summed E-state index contributed by atoms with van der Waals surface area (Å²) in [5.74, 6) is 1.75. The number of anilines is 1. The summed E-state index contributed by atoms with van der Waals surface area (Å²) in [7, 11) is 0. The molecule has 0 bridgehead atoms. The lowest BCUT2D eigenvalue weighted by molar-refractivity contribution is -0.117. The summed E-state index contributed by atoms with van der Waals surface area (Å²) in [5.41, 5.74) is 2.43. The molecule has 0 saturated carbocycles. The first-order valence-corrected chi connectivity index (χ1v) is 10.5. The first-order valence-electron chi connectivity index (χ1n) is 10.5. The highest BCUT2D eigenvalue weighted by atomic mass is 16.5. The predicted octanol–water partition coefficient (Wildman–Crippen LogP) is 6.58. The molecule has 1 unspecified atom stereocenters. The van der Waals surface area contributed by atoms with Gasteiger partial charge >= 0.3 is 0 Å². The molecule has 0 aliphatic carbocycles. The molecule has 158 valence electrons. The minimum Gasteiger partial charge on any atom is -0.457 e. The molecule has 4 nitrogen and oxygen atoms in total. The lowest BCUT2D eigenvalue weighted by Crippen LogP contribution is -2.28. The molecular weight excluding hydrogens is 384 g/mol. The van der Waals surface area contributed by atoms with E-state index in [9.17, 15) is 4.79 Å². The average molecular weight is 413 g/mol. The topological polar surface area (TPSA) is 62.1 Å². The SMILES string of the molecule is CC(C)(C)C(CC(=O)Nc1ccc(C#N)cc1)Cc1ccc(Oc2ccccc2)cc1. The van der Waals surface area contributed by atoms with Crippen molar-refractivity contribution in [2.45, 2.75) is 33.6 Å². The van der Waals surface area contributed by atoms with Crippen molar-refractivity contribution in [2.75, 3.05) is 5.32 Å². The number of benzene rings is 3. The highest BCUT2D eigenvalue weighted by molar-refractivity contribution is 5.90. The van der Waals surface area contributed by atoms with Crippen LogP contribution in [0.3, 0.4) is 0 Å². The number of amides is 1. The van der Waals surface area contributed by atoms with Crippen LogP contribution in [0.25, 0.3) is 0 Å². The van der Waals surface area contributed by atoms with Crippen LogP contribution < -0.4 is 10.1 Å². The van der Waals surface area contributed by atoms with Gasteiger partial charge in [0.05, 0.1) is 11.6 Å². The minimum atomic E-state index is -0.0266. The van der Waals surface area contributed by atoms with Crippen molar-refractivity contribution in [1.29, 1.82) is 5.26 Å². The summed E-state index contributed by atoms with van der Waals surface area (Å²) < 4.78 is 5.87. The fourth-order valence-corrected chi connectivity index (χ4v) is 3.35. The van der Waals surface area contributed by atoms with Crippen molar-refractivity contribution < 1.29 is 9.53 Å². The lowest BCUT2D eigenvalue weighted by atomic mass is 9.75. The fourth-order valence-electron chi connectivity index (χ4n) is 3.35. The monoisotopic (exact) mass is 412 g/mol. The van der Waals surface area contributed by atoms with E-state index in [0.29, 0.717) is 17.7 Å². The van der Waals surface area contributed by atoms with E-state index >= 15 is 0 Å². The Labute approximate surface area is 184 Å². The van der Waals surface area contributed by atoms with Gasteiger partial charge in [-0.25, -0.2) is 0 Å². The lowest BCUT2D eigenvalue weighted by Gasteiger charge is -2.30. The molecule has 0 spiro atoms. The van der Waals surface area contributed by atoms with E-state index in [1.807, 2.05) is 42.5 Å². The smallest absolute Gasteiger partial charge is 0.224 e. The van der Waals surface area contributed by atoms with Crippen LogP contribution >= 0.6 is 0 Å². The number of ether oxygens (including phenoxy) is 1. The van der Waals surface area contributed by atoms with Gasteiger partial charge in [0.25, 0.3) is 0 Å². The maximum Gasteiger partial charge on any atom is 0.224 e. The van der Waals surface area contributed by atoms with Gasteiger partial charge < -0.3 is 10.1 Å². The average Bonchev–Trinajstić information content (AvgIpc) is 2.75. The third-order valence-electron chi connectivity index (χ3n) is 5.34. The van der Waals surface area contributed by atoms with Gasteiger partial charge in [0.1, 0.15) is 11.5 Å². The second-order valence-corrected chi connectivity index (χ2v) is 8.77. The van der Waals surface area contributed by atoms with Crippen LogP contribution in [0.2, 0.25) is 0 Å². The van der Waals surface area contributed by atoms with Gasteiger partial charge in [-0.05, 0) is 71.8 Å². The molecular formula is C27H28N2O2. The summed E-state index contributed by atoms with van der Waals surface area (Å²) >= 11 is 0. The van der Waals surface area contributed by atoms with Crippen LogP contribution in [-0.2, 0) is 11.2 Å². The molecule has 0 radical (unpaired) electrons. The van der Waals surface area contributed by atoms with Crippen molar-refractivity contribution >= 4 is 11.6 Å². The van der Waals surface area contributed by atoms with Gasteiger partial charge in [0.15, 0.2) is 0 Å². The van der Waals surface area contributed by atoms with Crippen LogP contribution in [0.1, 0.15) is 38.3 Å². The molecule has 3 aromatic rings. The largest absolute Gasteiger partial charge is 0.457 e. The number of carbonyl (C=O) groups excluding carboxylic acids is 1. The third kappa shape index (κ3) is 6.72.